The maximum Gasteiger partial charge on any atom is 0.404 e. The van der Waals surface area contributed by atoms with E-state index in [1.165, 1.54) is 29.7 Å². The number of nitrogens with zero attached hydrogens (tertiary/aromatic N) is 1. The molecule has 0 fully saturated rings. The number of aromatic nitrogens is 2. The van der Waals surface area contributed by atoms with Crippen molar-refractivity contribution >= 4 is 15.7 Å². The van der Waals surface area contributed by atoms with Crippen molar-refractivity contribution in [1.82, 2.24) is 10.6 Å². The molecule has 25 heavy (non-hydrogen) atoms. The third-order valence-corrected chi connectivity index (χ3v) is 5.04. The molecule has 0 unspecified atom stereocenters. The normalized spacial score (nSPS) is 11.2. The van der Waals surface area contributed by atoms with Gasteiger partial charge in [0.15, 0.2) is 0 Å². The number of carbonyl (C=O) groups excluding carboxylic acids is 1. The minimum atomic E-state index is -4.10. The molecule has 136 valence electrons. The Kier molecular flexibility index (Phi) is 6.31. The number of benzene rings is 1. The topological polar surface area (TPSA) is 145 Å². The van der Waals surface area contributed by atoms with Crippen molar-refractivity contribution in [3.63, 3.8) is 0 Å². The van der Waals surface area contributed by atoms with Gasteiger partial charge in [-0.2, -0.15) is 0 Å². The maximum absolute atomic E-state index is 12.5. The molecule has 0 radical (unpaired) electrons. The van der Waals surface area contributed by atoms with Crippen LogP contribution in [0, 0.1) is 4.91 Å². The number of carbonyl (C=O) groups is 1. The summed E-state index contributed by atoms with van der Waals surface area (Å²) in [6.45, 7) is 0.119. The summed E-state index contributed by atoms with van der Waals surface area (Å²) in [5.74, 6) is -0.764. The second kappa shape index (κ2) is 8.44. The smallest absolute Gasteiger partial charge is 0.404 e. The highest BCUT2D eigenvalue weighted by Gasteiger charge is 2.36. The van der Waals surface area contributed by atoms with Gasteiger partial charge in [0, 0.05) is 6.42 Å². The van der Waals surface area contributed by atoms with Crippen molar-refractivity contribution in [2.45, 2.75) is 35.6 Å². The minimum Gasteiger partial charge on any atom is -0.456 e. The molecular weight excluding hydrogens is 354 g/mol. The van der Waals surface area contributed by atoms with Crippen LogP contribution in [-0.2, 0) is 14.6 Å². The molecule has 1 aromatic carbocycles. The van der Waals surface area contributed by atoms with Gasteiger partial charge in [0.05, 0.1) is 11.5 Å². The molecule has 0 aliphatic heterocycles. The number of hydrogen-bond donors (Lipinski definition) is 3. The zero-order valence-corrected chi connectivity index (χ0v) is 14.0. The fraction of sp³-hybridized carbons (Fsp3) is 0.357. The molecule has 1 heterocycles. The first-order chi connectivity index (χ1) is 12.0. The highest BCUT2D eigenvalue weighted by atomic mass is 32.2. The summed E-state index contributed by atoms with van der Waals surface area (Å²) in [4.78, 5) is 22.5. The number of aromatic amines is 1. The van der Waals surface area contributed by atoms with E-state index in [9.17, 15) is 18.1 Å². The largest absolute Gasteiger partial charge is 0.456 e. The summed E-state index contributed by atoms with van der Waals surface area (Å²) in [6, 6.07) is 7.45. The van der Waals surface area contributed by atoms with Gasteiger partial charge in [-0.15, -0.1) is 0 Å². The first-order valence-corrected chi connectivity index (χ1v) is 8.95. The van der Waals surface area contributed by atoms with E-state index in [1.807, 2.05) is 0 Å². The molecule has 2 aromatic rings. The zero-order chi connectivity index (χ0) is 18.3. The molecule has 11 heteroatoms. The molecule has 3 N–H and O–H groups in total. The number of sulfone groups is 1. The van der Waals surface area contributed by atoms with Crippen molar-refractivity contribution in [1.29, 1.82) is 0 Å². The van der Waals surface area contributed by atoms with Gasteiger partial charge in [-0.3, -0.25) is 10.0 Å². The van der Waals surface area contributed by atoms with E-state index in [4.69, 9.17) is 9.94 Å². The Morgan fingerprint density at radius 2 is 1.96 bits per heavy atom. The first kappa shape index (κ1) is 18.7. The number of unbranched alkanes of at least 4 members (excludes halogenated alkanes) is 2. The van der Waals surface area contributed by atoms with Crippen molar-refractivity contribution in [2.75, 3.05) is 6.61 Å². The number of rotatable bonds is 9. The van der Waals surface area contributed by atoms with Gasteiger partial charge in [0.2, 0.25) is 10.5 Å². The third-order valence-electron chi connectivity index (χ3n) is 3.31. The van der Waals surface area contributed by atoms with Crippen molar-refractivity contribution in [3.05, 3.63) is 35.2 Å². The van der Waals surface area contributed by atoms with Gasteiger partial charge in [-0.25, -0.2) is 13.9 Å². The lowest BCUT2D eigenvalue weighted by Crippen LogP contribution is -2.21. The van der Waals surface area contributed by atoms with E-state index < -0.39 is 20.8 Å². The van der Waals surface area contributed by atoms with Crippen LogP contribution >= 0.6 is 0 Å². The van der Waals surface area contributed by atoms with Crippen LogP contribution in [0.1, 0.15) is 25.7 Å². The lowest BCUT2D eigenvalue weighted by Gasteiger charge is -2.02. The average molecular weight is 372 g/mol. The number of H-pyrrole nitrogens is 1. The average Bonchev–Trinajstić information content (AvgIpc) is 2.99. The molecule has 1 aromatic heterocycles. The first-order valence-electron chi connectivity index (χ1n) is 7.47. The molecule has 0 spiro atoms. The molecule has 0 aliphatic carbocycles. The Hall–Kier alpha value is -2.66. The summed E-state index contributed by atoms with van der Waals surface area (Å²) in [7, 11) is -4.10. The summed E-state index contributed by atoms with van der Waals surface area (Å²) in [5.41, 5.74) is 1.53. The van der Waals surface area contributed by atoms with Crippen molar-refractivity contribution in [2.24, 2.45) is 0 Å². The number of nitrogens with one attached hydrogen (secondary N) is 2. The lowest BCUT2D eigenvalue weighted by atomic mass is 10.2. The summed E-state index contributed by atoms with van der Waals surface area (Å²) in [6.07, 6.45) is 1.83. The highest BCUT2D eigenvalue weighted by Crippen LogP contribution is 2.24. The summed E-state index contributed by atoms with van der Waals surface area (Å²) >= 11 is 0. The minimum absolute atomic E-state index is 0.0609. The van der Waals surface area contributed by atoms with E-state index in [0.29, 0.717) is 19.3 Å². The zero-order valence-electron chi connectivity index (χ0n) is 13.2. The maximum atomic E-state index is 12.5. The van der Waals surface area contributed by atoms with Gasteiger partial charge in [0.25, 0.3) is 9.84 Å². The quantitative estimate of drug-likeness (QED) is 0.335. The SMILES string of the molecule is O=C(CCCCCOc1[nH]o[n+](=O)c1S(=O)(=O)c1ccccc1)NO. The van der Waals surface area contributed by atoms with E-state index >= 15 is 0 Å². The Labute approximate surface area is 142 Å². The van der Waals surface area contributed by atoms with Crippen LogP contribution in [-0.4, -0.2) is 31.3 Å². The monoisotopic (exact) mass is 372 g/mol. The van der Waals surface area contributed by atoms with Crippen LogP contribution < -0.4 is 14.8 Å². The molecule has 1 amide bonds. The standard InChI is InChI=1S/C14H17N3O7S/c18-12(15-19)9-5-2-6-10-23-13-14(17(20)24-16-13)25(21,22)11-7-3-1-4-8-11/h1,3-4,7-8H,2,5-6,9-10H2,(H2-,15,16,18,19,20)/p+1. The van der Waals surface area contributed by atoms with Crippen LogP contribution in [0.2, 0.25) is 0 Å². The highest BCUT2D eigenvalue weighted by molar-refractivity contribution is 7.91. The lowest BCUT2D eigenvalue weighted by molar-refractivity contribution is -0.744. The predicted molar refractivity (Wildman–Crippen MR) is 82.2 cm³/mol. The van der Waals surface area contributed by atoms with Gasteiger partial charge in [-0.05, 0) is 41.5 Å². The molecule has 2 rings (SSSR count). The van der Waals surface area contributed by atoms with E-state index in [-0.39, 0.29) is 28.4 Å². The number of hydrogen-bond acceptors (Lipinski definition) is 7. The number of ether oxygens (including phenoxy) is 1. The predicted octanol–water partition coefficient (Wildman–Crippen LogP) is 0.800. The fourth-order valence-electron chi connectivity index (χ4n) is 2.07. The van der Waals surface area contributed by atoms with Gasteiger partial charge < -0.3 is 4.74 Å². The molecule has 0 bridgehead atoms. The molecule has 10 nitrogen and oxygen atoms in total. The van der Waals surface area contributed by atoms with Gasteiger partial charge in [-0.1, -0.05) is 22.8 Å². The van der Waals surface area contributed by atoms with Gasteiger partial charge in [0.1, 0.15) is 0 Å². The molecule has 0 aliphatic rings. The Morgan fingerprint density at radius 1 is 1.24 bits per heavy atom. The molecule has 0 saturated heterocycles. The Bertz CT molecular complexity index is 858. The van der Waals surface area contributed by atoms with Crippen molar-refractivity contribution < 1.29 is 32.4 Å². The van der Waals surface area contributed by atoms with Crippen LogP contribution in [0.25, 0.3) is 0 Å². The van der Waals surface area contributed by atoms with Crippen LogP contribution in [0.3, 0.4) is 0 Å². The van der Waals surface area contributed by atoms with E-state index in [1.54, 1.807) is 6.07 Å². The van der Waals surface area contributed by atoms with Crippen molar-refractivity contribution in [3.8, 4) is 5.88 Å². The van der Waals surface area contributed by atoms with E-state index in [2.05, 4.69) is 9.79 Å². The second-order valence-electron chi connectivity index (χ2n) is 5.10. The molecule has 0 atom stereocenters. The summed E-state index contributed by atoms with van der Waals surface area (Å²) in [5, 5.41) is 9.85. The van der Waals surface area contributed by atoms with Gasteiger partial charge >= 0.3 is 10.9 Å². The summed E-state index contributed by atoms with van der Waals surface area (Å²) < 4.78 is 34.7. The van der Waals surface area contributed by atoms with Crippen LogP contribution in [0.15, 0.2) is 44.9 Å². The molecular formula is C14H18N3O7S+. The van der Waals surface area contributed by atoms with Crippen LogP contribution in [0.5, 0.6) is 5.88 Å². The fourth-order valence-corrected chi connectivity index (χ4v) is 3.38. The van der Waals surface area contributed by atoms with Crippen LogP contribution in [0.4, 0.5) is 0 Å². The Morgan fingerprint density at radius 3 is 2.64 bits per heavy atom. The third kappa shape index (κ3) is 4.67. The Balaban J connectivity index is 2.00. The number of hydroxylamine groups is 1. The second-order valence-corrected chi connectivity index (χ2v) is 6.96. The number of amides is 1. The van der Waals surface area contributed by atoms with E-state index in [0.717, 1.165) is 0 Å². The molecule has 0 saturated carbocycles.